The summed E-state index contributed by atoms with van der Waals surface area (Å²) in [4.78, 5) is 0. The zero-order valence-corrected chi connectivity index (χ0v) is 16.1. The van der Waals surface area contributed by atoms with Gasteiger partial charge in [-0.25, -0.2) is 0 Å². The standard InChI is InChI=1S/Bi.Fe.Mo.Ni.Sb.6H. The van der Waals surface area contributed by atoms with Gasteiger partial charge in [-0.15, -0.1) is 0 Å². The zero-order valence-electron chi connectivity index (χ0n) is 2.49. The van der Waals surface area contributed by atoms with Crippen molar-refractivity contribution in [3.05, 3.63) is 0 Å². The summed E-state index contributed by atoms with van der Waals surface area (Å²) in [5, 5.41) is 0. The van der Waals surface area contributed by atoms with Gasteiger partial charge in [0.2, 0.25) is 0 Å². The second-order valence-corrected chi connectivity index (χ2v) is 0. The normalized spacial score (nSPS) is 0. The predicted octanol–water partition coefficient (Wildman–Crippen LogP) is -2.38. The molecular formula is H6BiFeMoNiSb. The van der Waals surface area contributed by atoms with Crippen LogP contribution >= 0.6 is 0 Å². The first kappa shape index (κ1) is 39.8. The van der Waals surface area contributed by atoms with Crippen LogP contribution in [0.15, 0.2) is 0 Å². The van der Waals surface area contributed by atoms with Gasteiger partial charge >= 0.3 is 50.6 Å². The molecule has 0 atom stereocenters. The van der Waals surface area contributed by atoms with E-state index in [0.29, 0.717) is 0 Å². The molecule has 0 aliphatic heterocycles. The predicted molar refractivity (Wildman–Crippen MR) is 19.9 cm³/mol. The van der Waals surface area contributed by atoms with Crippen LogP contribution in [0.1, 0.15) is 0 Å². The first-order valence-electron chi connectivity index (χ1n) is 0. The van der Waals surface area contributed by atoms with E-state index in [0.717, 1.165) is 0 Å². The fraction of sp³-hybridized carbons (Fsp3) is 0. The van der Waals surface area contributed by atoms with E-state index < -0.39 is 0 Å². The molecule has 0 amide bonds. The topological polar surface area (TPSA) is 0 Å². The summed E-state index contributed by atoms with van der Waals surface area (Å²) in [5.74, 6) is 0. The van der Waals surface area contributed by atoms with Gasteiger partial charge in [-0.1, -0.05) is 0 Å². The molecule has 5 heteroatoms. The maximum atomic E-state index is 0. The quantitative estimate of drug-likeness (QED) is 0.298. The molecule has 0 radical (unpaired) electrons. The van der Waals surface area contributed by atoms with Crippen LogP contribution in [0.25, 0.3) is 0 Å². The van der Waals surface area contributed by atoms with Crippen molar-refractivity contribution in [1.82, 2.24) is 0 Å². The van der Waals surface area contributed by atoms with Gasteiger partial charge in [0.05, 0.1) is 0 Å². The fourth-order valence-corrected chi connectivity index (χ4v) is 0. The Morgan fingerprint density at radius 1 is 1.00 bits per heavy atom. The Bertz CT molecular complexity index is 11.6. The van der Waals surface area contributed by atoms with E-state index in [-0.39, 0.29) is 105 Å². The van der Waals surface area contributed by atoms with Gasteiger partial charge in [0.1, 0.15) is 0 Å². The molecule has 0 saturated carbocycles. The minimum atomic E-state index is 0. The molecule has 0 aliphatic carbocycles. The molecule has 0 aromatic carbocycles. The maximum absolute atomic E-state index is 0. The van der Waals surface area contributed by atoms with Crippen molar-refractivity contribution in [3.63, 3.8) is 0 Å². The van der Waals surface area contributed by atoms with Crippen molar-refractivity contribution in [2.45, 2.75) is 0 Å². The monoisotopic (exact) mass is 548 g/mol. The first-order chi connectivity index (χ1) is 0. The zero-order chi connectivity index (χ0) is 0. The summed E-state index contributed by atoms with van der Waals surface area (Å²) in [6.45, 7) is 0. The van der Waals surface area contributed by atoms with Gasteiger partial charge in [-0.3, -0.25) is 0 Å². The van der Waals surface area contributed by atoms with Crippen LogP contribution < -0.4 is 0 Å². The Kier molecular flexibility index (Phi) is 208. The van der Waals surface area contributed by atoms with E-state index in [4.69, 9.17) is 0 Å². The van der Waals surface area contributed by atoms with E-state index in [1.807, 2.05) is 0 Å². The molecule has 0 aromatic heterocycles. The summed E-state index contributed by atoms with van der Waals surface area (Å²) in [6, 6.07) is 0. The molecule has 0 nitrogen and oxygen atoms in total. The van der Waals surface area contributed by atoms with Gasteiger partial charge in [0.15, 0.2) is 0 Å². The first-order valence-corrected chi connectivity index (χ1v) is 0. The summed E-state index contributed by atoms with van der Waals surface area (Å²) in [5.41, 5.74) is 0. The number of rotatable bonds is 0. The van der Waals surface area contributed by atoms with Crippen molar-refractivity contribution in [2.75, 3.05) is 0 Å². The van der Waals surface area contributed by atoms with E-state index in [9.17, 15) is 0 Å². The Labute approximate surface area is 103 Å². The van der Waals surface area contributed by atoms with Crippen LogP contribution in [0.4, 0.5) is 0 Å². The van der Waals surface area contributed by atoms with Crippen molar-refractivity contribution in [3.8, 4) is 0 Å². The molecule has 0 aliphatic rings. The molecule has 0 saturated heterocycles. The molecule has 0 bridgehead atoms. The second kappa shape index (κ2) is 26.2. The van der Waals surface area contributed by atoms with E-state index >= 15 is 0 Å². The summed E-state index contributed by atoms with van der Waals surface area (Å²) in [7, 11) is 0. The third kappa shape index (κ3) is 18.7. The number of hydrogen-bond acceptors (Lipinski definition) is 0. The molecule has 0 heterocycles. The molecule has 0 fully saturated rings. The molecular weight excluding hydrogens is 541 g/mol. The number of hydrogen-bond donors (Lipinski definition) is 0. The molecule has 0 aromatic rings. The summed E-state index contributed by atoms with van der Waals surface area (Å²) >= 11 is 0. The van der Waals surface area contributed by atoms with Crippen molar-refractivity contribution in [1.29, 1.82) is 0 Å². The van der Waals surface area contributed by atoms with Crippen LogP contribution in [0.2, 0.25) is 0 Å². The van der Waals surface area contributed by atoms with E-state index in [1.165, 1.54) is 0 Å². The summed E-state index contributed by atoms with van der Waals surface area (Å²) in [6.07, 6.45) is 0. The third-order valence-corrected chi connectivity index (χ3v) is 0. The van der Waals surface area contributed by atoms with Gasteiger partial charge < -0.3 is 0 Å². The van der Waals surface area contributed by atoms with Crippen molar-refractivity contribution >= 4 is 50.6 Å². The third-order valence-electron chi connectivity index (χ3n) is 0. The van der Waals surface area contributed by atoms with Gasteiger partial charge in [-0.05, 0) is 0 Å². The molecule has 0 rings (SSSR count). The Balaban J connectivity index is 0. The van der Waals surface area contributed by atoms with E-state index in [1.54, 1.807) is 0 Å². The SMILES string of the molecule is [BiH3].[Fe].[Mo].[Ni].[SbH3]. The second-order valence-electron chi connectivity index (χ2n) is 0. The molecule has 0 spiro atoms. The summed E-state index contributed by atoms with van der Waals surface area (Å²) < 4.78 is 0. The average molecular weight is 547 g/mol. The van der Waals surface area contributed by atoms with Gasteiger partial charge in [0.25, 0.3) is 0 Å². The average Bonchev–Trinajstić information content (AvgIpc) is 0. The molecule has 5 heavy (non-hydrogen) atoms. The molecule has 40 valence electrons. The fourth-order valence-electron chi connectivity index (χ4n) is 0. The van der Waals surface area contributed by atoms with Crippen LogP contribution in [-0.4, -0.2) is 50.6 Å². The molecule has 0 unspecified atom stereocenters. The molecule has 0 N–H and O–H groups in total. The van der Waals surface area contributed by atoms with Crippen LogP contribution in [0.5, 0.6) is 0 Å². The van der Waals surface area contributed by atoms with Gasteiger partial charge in [-0.2, -0.15) is 0 Å². The van der Waals surface area contributed by atoms with Crippen LogP contribution in [0, 0.1) is 0 Å². The van der Waals surface area contributed by atoms with Gasteiger partial charge in [0, 0.05) is 54.6 Å². The van der Waals surface area contributed by atoms with Crippen molar-refractivity contribution < 1.29 is 54.6 Å². The Morgan fingerprint density at radius 2 is 1.00 bits per heavy atom. The minimum absolute atomic E-state index is 0. The Morgan fingerprint density at radius 3 is 1.00 bits per heavy atom. The van der Waals surface area contributed by atoms with Crippen molar-refractivity contribution in [2.24, 2.45) is 0 Å². The Hall–Kier alpha value is 3.40. The van der Waals surface area contributed by atoms with E-state index in [2.05, 4.69) is 0 Å². The van der Waals surface area contributed by atoms with Crippen LogP contribution in [-0.2, 0) is 54.6 Å². The van der Waals surface area contributed by atoms with Crippen LogP contribution in [0.3, 0.4) is 0 Å².